The van der Waals surface area contributed by atoms with Crippen molar-refractivity contribution < 1.29 is 4.79 Å². The zero-order chi connectivity index (χ0) is 8.53. The topological polar surface area (TPSA) is 41.1 Å². The van der Waals surface area contributed by atoms with Crippen LogP contribution in [0.25, 0.3) is 0 Å². The molecule has 3 nitrogen and oxygen atoms in total. The van der Waals surface area contributed by atoms with Gasteiger partial charge in [-0.15, -0.1) is 0 Å². The number of thiol groups is 1. The largest absolute Gasteiger partial charge is 0.356 e. The molecular formula is C7H16N2OS. The van der Waals surface area contributed by atoms with E-state index in [0.29, 0.717) is 12.2 Å². The van der Waals surface area contributed by atoms with Gasteiger partial charge in [-0.05, 0) is 25.8 Å². The quantitative estimate of drug-likeness (QED) is 0.395. The number of rotatable bonds is 6. The van der Waals surface area contributed by atoms with Gasteiger partial charge in [-0.1, -0.05) is 0 Å². The molecule has 0 aliphatic heterocycles. The second kappa shape index (κ2) is 7.88. The number of nitrogens with one attached hydrogen (secondary N) is 2. The third kappa shape index (κ3) is 7.68. The summed E-state index contributed by atoms with van der Waals surface area (Å²) in [7, 11) is 1.90. The van der Waals surface area contributed by atoms with Crippen molar-refractivity contribution in [2.75, 3.05) is 25.9 Å². The summed E-state index contributed by atoms with van der Waals surface area (Å²) in [4.78, 5) is 10.8. The fraction of sp³-hybridized carbons (Fsp3) is 0.857. The molecule has 0 aromatic heterocycles. The van der Waals surface area contributed by atoms with Gasteiger partial charge in [-0.25, -0.2) is 0 Å². The van der Waals surface area contributed by atoms with Gasteiger partial charge in [-0.2, -0.15) is 12.6 Å². The molecule has 66 valence electrons. The van der Waals surface area contributed by atoms with E-state index in [1.54, 1.807) is 0 Å². The van der Waals surface area contributed by atoms with E-state index in [1.807, 2.05) is 7.05 Å². The monoisotopic (exact) mass is 176 g/mol. The lowest BCUT2D eigenvalue weighted by atomic mass is 10.4. The molecule has 0 bridgehead atoms. The first-order valence-corrected chi connectivity index (χ1v) is 4.46. The summed E-state index contributed by atoms with van der Waals surface area (Å²) in [6.07, 6.45) is 1.50. The Morgan fingerprint density at radius 1 is 1.45 bits per heavy atom. The van der Waals surface area contributed by atoms with E-state index < -0.39 is 0 Å². The fourth-order valence-corrected chi connectivity index (χ4v) is 0.886. The maximum atomic E-state index is 10.8. The fourth-order valence-electron chi connectivity index (χ4n) is 0.683. The summed E-state index contributed by atoms with van der Waals surface area (Å²) >= 11 is 3.95. The highest BCUT2D eigenvalue weighted by Crippen LogP contribution is 1.83. The Hall–Kier alpha value is -0.220. The Kier molecular flexibility index (Phi) is 7.72. The Balaban J connectivity index is 3.04. The van der Waals surface area contributed by atoms with Crippen LogP contribution in [-0.2, 0) is 4.79 Å². The highest BCUT2D eigenvalue weighted by molar-refractivity contribution is 7.80. The van der Waals surface area contributed by atoms with Gasteiger partial charge in [0.05, 0.1) is 0 Å². The second-order valence-electron chi connectivity index (χ2n) is 2.28. The van der Waals surface area contributed by atoms with Crippen LogP contribution in [0.1, 0.15) is 12.8 Å². The molecule has 0 rings (SSSR count). The van der Waals surface area contributed by atoms with E-state index in [2.05, 4.69) is 23.3 Å². The molecule has 0 aromatic carbocycles. The summed E-state index contributed by atoms with van der Waals surface area (Å²) in [6.45, 7) is 1.70. The predicted octanol–water partition coefficient (Wildman–Crippen LogP) is 0.0320. The average Bonchev–Trinajstić information content (AvgIpc) is 1.99. The van der Waals surface area contributed by atoms with Gasteiger partial charge in [0.15, 0.2) is 0 Å². The average molecular weight is 176 g/mol. The molecule has 1 amide bonds. The van der Waals surface area contributed by atoms with Crippen molar-refractivity contribution in [2.24, 2.45) is 0 Å². The van der Waals surface area contributed by atoms with Crippen molar-refractivity contribution in [3.8, 4) is 0 Å². The van der Waals surface area contributed by atoms with Crippen LogP contribution < -0.4 is 10.6 Å². The van der Waals surface area contributed by atoms with Gasteiger partial charge in [0.25, 0.3) is 0 Å². The van der Waals surface area contributed by atoms with E-state index in [4.69, 9.17) is 0 Å². The number of carbonyl (C=O) groups is 1. The zero-order valence-electron chi connectivity index (χ0n) is 6.89. The minimum Gasteiger partial charge on any atom is -0.356 e. The van der Waals surface area contributed by atoms with Crippen molar-refractivity contribution >= 4 is 18.5 Å². The number of hydrogen-bond donors (Lipinski definition) is 3. The van der Waals surface area contributed by atoms with E-state index in [0.717, 1.165) is 19.5 Å². The minimum absolute atomic E-state index is 0.0936. The van der Waals surface area contributed by atoms with Crippen LogP contribution >= 0.6 is 12.6 Å². The van der Waals surface area contributed by atoms with Crippen molar-refractivity contribution in [1.82, 2.24) is 10.6 Å². The first-order valence-electron chi connectivity index (χ1n) is 3.83. The van der Waals surface area contributed by atoms with Gasteiger partial charge in [-0.3, -0.25) is 4.79 Å². The molecule has 0 saturated heterocycles. The van der Waals surface area contributed by atoms with Crippen molar-refractivity contribution in [3.63, 3.8) is 0 Å². The van der Waals surface area contributed by atoms with E-state index in [9.17, 15) is 4.79 Å². The van der Waals surface area contributed by atoms with Crippen molar-refractivity contribution in [3.05, 3.63) is 0 Å². The molecule has 0 aliphatic carbocycles. The Bertz CT molecular complexity index is 109. The summed E-state index contributed by atoms with van der Waals surface area (Å²) in [5, 5.41) is 5.80. The van der Waals surface area contributed by atoms with E-state index in [1.165, 1.54) is 0 Å². The highest BCUT2D eigenvalue weighted by atomic mass is 32.1. The molecule has 2 N–H and O–H groups in total. The lowest BCUT2D eigenvalue weighted by molar-refractivity contribution is -0.120. The number of hydrogen-bond acceptors (Lipinski definition) is 3. The Morgan fingerprint density at radius 2 is 2.18 bits per heavy atom. The van der Waals surface area contributed by atoms with Crippen LogP contribution in [0.15, 0.2) is 0 Å². The Morgan fingerprint density at radius 3 is 2.73 bits per heavy atom. The van der Waals surface area contributed by atoms with Crippen molar-refractivity contribution in [1.29, 1.82) is 0 Å². The molecule has 0 heterocycles. The maximum Gasteiger partial charge on any atom is 0.220 e. The smallest absolute Gasteiger partial charge is 0.220 e. The molecule has 0 radical (unpaired) electrons. The molecule has 0 saturated carbocycles. The SMILES string of the molecule is CNCCCNC(=O)CCS. The third-order valence-electron chi connectivity index (χ3n) is 1.26. The van der Waals surface area contributed by atoms with Crippen LogP contribution in [0.3, 0.4) is 0 Å². The molecule has 4 heteroatoms. The summed E-state index contributed by atoms with van der Waals surface area (Å²) in [5.74, 6) is 0.716. The number of carbonyl (C=O) groups excluding carboxylic acids is 1. The van der Waals surface area contributed by atoms with Crippen LogP contribution in [0.4, 0.5) is 0 Å². The van der Waals surface area contributed by atoms with Gasteiger partial charge >= 0.3 is 0 Å². The molecule has 0 unspecified atom stereocenters. The standard InChI is InChI=1S/C7H16N2OS/c1-8-4-2-5-9-7(10)3-6-11/h8,11H,2-6H2,1H3,(H,9,10). The number of amides is 1. The maximum absolute atomic E-state index is 10.8. The van der Waals surface area contributed by atoms with E-state index in [-0.39, 0.29) is 5.91 Å². The van der Waals surface area contributed by atoms with Crippen LogP contribution in [-0.4, -0.2) is 31.8 Å². The summed E-state index contributed by atoms with van der Waals surface area (Å²) in [5.41, 5.74) is 0. The zero-order valence-corrected chi connectivity index (χ0v) is 7.79. The van der Waals surface area contributed by atoms with Gasteiger partial charge < -0.3 is 10.6 Å². The summed E-state index contributed by atoms with van der Waals surface area (Å²) < 4.78 is 0. The first kappa shape index (κ1) is 10.8. The summed E-state index contributed by atoms with van der Waals surface area (Å²) in [6, 6.07) is 0. The molecular weight excluding hydrogens is 160 g/mol. The first-order chi connectivity index (χ1) is 5.31. The normalized spacial score (nSPS) is 9.64. The molecule has 0 fully saturated rings. The highest BCUT2D eigenvalue weighted by Gasteiger charge is 1.96. The van der Waals surface area contributed by atoms with Crippen molar-refractivity contribution in [2.45, 2.75) is 12.8 Å². The van der Waals surface area contributed by atoms with E-state index >= 15 is 0 Å². The van der Waals surface area contributed by atoms with Gasteiger partial charge in [0, 0.05) is 13.0 Å². The second-order valence-corrected chi connectivity index (χ2v) is 2.73. The van der Waals surface area contributed by atoms with Crippen LogP contribution in [0, 0.1) is 0 Å². The van der Waals surface area contributed by atoms with Gasteiger partial charge in [0.1, 0.15) is 0 Å². The van der Waals surface area contributed by atoms with Crippen LogP contribution in [0.5, 0.6) is 0 Å². The Labute approximate surface area is 73.3 Å². The molecule has 11 heavy (non-hydrogen) atoms. The molecule has 0 aliphatic rings. The lowest BCUT2D eigenvalue weighted by Gasteiger charge is -2.02. The lowest BCUT2D eigenvalue weighted by Crippen LogP contribution is -2.26. The molecule has 0 aromatic rings. The molecule has 0 atom stereocenters. The molecule has 0 spiro atoms. The van der Waals surface area contributed by atoms with Gasteiger partial charge in [0.2, 0.25) is 5.91 Å². The minimum atomic E-state index is 0.0936. The predicted molar refractivity (Wildman–Crippen MR) is 50.0 cm³/mol. The third-order valence-corrected chi connectivity index (χ3v) is 1.49. The van der Waals surface area contributed by atoms with Crippen LogP contribution in [0.2, 0.25) is 0 Å².